The fourth-order valence-electron chi connectivity index (χ4n) is 2.56. The maximum absolute atomic E-state index is 11.0. The van der Waals surface area contributed by atoms with Crippen LogP contribution in [0.5, 0.6) is 0 Å². The highest BCUT2D eigenvalue weighted by Gasteiger charge is 2.17. The molecule has 0 amide bonds. The van der Waals surface area contributed by atoms with Gasteiger partial charge in [-0.05, 0) is 55.5 Å². The Bertz CT molecular complexity index is 445. The van der Waals surface area contributed by atoms with E-state index in [4.69, 9.17) is 10.2 Å². The molecule has 1 aromatic rings. The van der Waals surface area contributed by atoms with Gasteiger partial charge >= 0.3 is 5.97 Å². The topological polar surface area (TPSA) is 60.8 Å². The normalized spacial score (nSPS) is 15.2. The summed E-state index contributed by atoms with van der Waals surface area (Å²) in [6.45, 7) is 3.18. The van der Waals surface area contributed by atoms with Crippen LogP contribution >= 0.6 is 0 Å². The quantitative estimate of drug-likeness (QED) is 0.770. The third kappa shape index (κ3) is 3.78. The molecule has 2 N–H and O–H groups in total. The van der Waals surface area contributed by atoms with E-state index in [1.165, 1.54) is 5.56 Å². The Morgan fingerprint density at radius 2 is 2.05 bits per heavy atom. The minimum atomic E-state index is -0.858. The molecular weight excluding hydrogens is 242 g/mol. The number of carboxylic acid groups (broad SMARTS) is 1. The molecule has 0 atom stereocenters. The van der Waals surface area contributed by atoms with Gasteiger partial charge in [-0.15, -0.1) is 0 Å². The van der Waals surface area contributed by atoms with Crippen LogP contribution < -0.4 is 0 Å². The van der Waals surface area contributed by atoms with Gasteiger partial charge in [-0.3, -0.25) is 4.90 Å². The lowest BCUT2D eigenvalue weighted by Gasteiger charge is -2.28. The third-order valence-electron chi connectivity index (χ3n) is 3.68. The first-order valence-corrected chi connectivity index (χ1v) is 6.89. The van der Waals surface area contributed by atoms with Gasteiger partial charge in [0.2, 0.25) is 0 Å². The number of unbranched alkanes of at least 4 members (excludes halogenated alkanes) is 2. The van der Waals surface area contributed by atoms with Crippen molar-refractivity contribution in [3.05, 3.63) is 34.9 Å². The first kappa shape index (κ1) is 14.0. The van der Waals surface area contributed by atoms with Crippen LogP contribution in [0.2, 0.25) is 0 Å². The number of aliphatic hydroxyl groups excluding tert-OH is 1. The number of hydrogen-bond acceptors (Lipinski definition) is 3. The maximum atomic E-state index is 11.0. The van der Waals surface area contributed by atoms with E-state index in [-0.39, 0.29) is 6.61 Å². The van der Waals surface area contributed by atoms with Gasteiger partial charge < -0.3 is 10.2 Å². The second-order valence-corrected chi connectivity index (χ2v) is 5.10. The summed E-state index contributed by atoms with van der Waals surface area (Å²) in [7, 11) is 0. The van der Waals surface area contributed by atoms with E-state index in [1.807, 2.05) is 6.07 Å². The van der Waals surface area contributed by atoms with Crippen molar-refractivity contribution in [2.45, 2.75) is 32.2 Å². The van der Waals surface area contributed by atoms with Gasteiger partial charge in [-0.2, -0.15) is 0 Å². The average molecular weight is 263 g/mol. The van der Waals surface area contributed by atoms with Crippen molar-refractivity contribution in [3.63, 3.8) is 0 Å². The number of aromatic carboxylic acids is 1. The summed E-state index contributed by atoms with van der Waals surface area (Å²) >= 11 is 0. The molecule has 2 rings (SSSR count). The van der Waals surface area contributed by atoms with Crippen LogP contribution in [0.4, 0.5) is 0 Å². The van der Waals surface area contributed by atoms with Crippen molar-refractivity contribution in [1.29, 1.82) is 0 Å². The Morgan fingerprint density at radius 3 is 2.79 bits per heavy atom. The first-order chi connectivity index (χ1) is 9.20. The summed E-state index contributed by atoms with van der Waals surface area (Å²) in [5.74, 6) is -0.858. The van der Waals surface area contributed by atoms with Crippen LogP contribution in [0.15, 0.2) is 18.2 Å². The van der Waals surface area contributed by atoms with Crippen LogP contribution in [0.1, 0.15) is 40.7 Å². The number of hydrogen-bond donors (Lipinski definition) is 2. The predicted molar refractivity (Wildman–Crippen MR) is 73.3 cm³/mol. The smallest absolute Gasteiger partial charge is 0.335 e. The van der Waals surface area contributed by atoms with Crippen molar-refractivity contribution in [1.82, 2.24) is 4.90 Å². The molecule has 0 saturated carbocycles. The zero-order chi connectivity index (χ0) is 13.7. The first-order valence-electron chi connectivity index (χ1n) is 6.89. The van der Waals surface area contributed by atoms with E-state index >= 15 is 0 Å². The zero-order valence-corrected chi connectivity index (χ0v) is 11.1. The van der Waals surface area contributed by atoms with Gasteiger partial charge in [0, 0.05) is 19.7 Å². The molecule has 104 valence electrons. The predicted octanol–water partition coefficient (Wildman–Crippen LogP) is 1.91. The number of fused-ring (bicyclic) bond motifs is 1. The van der Waals surface area contributed by atoms with Crippen LogP contribution in [0.3, 0.4) is 0 Å². The lowest BCUT2D eigenvalue weighted by Crippen LogP contribution is -2.31. The number of nitrogens with zero attached hydrogens (tertiary/aromatic N) is 1. The molecule has 4 nitrogen and oxygen atoms in total. The van der Waals surface area contributed by atoms with E-state index in [9.17, 15) is 4.79 Å². The molecule has 0 fully saturated rings. The zero-order valence-electron chi connectivity index (χ0n) is 11.1. The largest absolute Gasteiger partial charge is 0.478 e. The van der Waals surface area contributed by atoms with Crippen molar-refractivity contribution in [3.8, 4) is 0 Å². The molecule has 0 bridgehead atoms. The molecule has 0 saturated heterocycles. The Hall–Kier alpha value is -1.39. The summed E-state index contributed by atoms with van der Waals surface area (Å²) in [6, 6.07) is 5.44. The Morgan fingerprint density at radius 1 is 1.21 bits per heavy atom. The van der Waals surface area contributed by atoms with Crippen LogP contribution in [-0.4, -0.2) is 40.8 Å². The van der Waals surface area contributed by atoms with Crippen molar-refractivity contribution >= 4 is 5.97 Å². The second-order valence-electron chi connectivity index (χ2n) is 5.10. The SMILES string of the molecule is O=C(O)c1ccc2c(c1)CN(CCCCCO)CC2. The lowest BCUT2D eigenvalue weighted by molar-refractivity contribution is 0.0696. The van der Waals surface area contributed by atoms with E-state index in [2.05, 4.69) is 4.90 Å². The highest BCUT2D eigenvalue weighted by atomic mass is 16.4. The molecule has 0 unspecified atom stereocenters. The number of carbonyl (C=O) groups is 1. The van der Waals surface area contributed by atoms with E-state index < -0.39 is 5.97 Å². The molecule has 1 aromatic carbocycles. The van der Waals surface area contributed by atoms with Gasteiger partial charge in [0.25, 0.3) is 0 Å². The van der Waals surface area contributed by atoms with Gasteiger partial charge in [0.05, 0.1) is 5.56 Å². The fourth-order valence-corrected chi connectivity index (χ4v) is 2.56. The Kier molecular flexibility index (Phi) is 4.93. The Balaban J connectivity index is 1.94. The number of benzene rings is 1. The van der Waals surface area contributed by atoms with Gasteiger partial charge in [0.1, 0.15) is 0 Å². The molecular formula is C15H21NO3. The molecule has 0 aromatic heterocycles. The van der Waals surface area contributed by atoms with Crippen LogP contribution in [0.25, 0.3) is 0 Å². The third-order valence-corrected chi connectivity index (χ3v) is 3.68. The second kappa shape index (κ2) is 6.68. The molecule has 1 heterocycles. The van der Waals surface area contributed by atoms with Gasteiger partial charge in [0.15, 0.2) is 0 Å². The monoisotopic (exact) mass is 263 g/mol. The standard InChI is InChI=1S/C15H21NO3/c17-9-3-1-2-7-16-8-6-12-4-5-13(15(18)19)10-14(12)11-16/h4-5,10,17H,1-3,6-9,11H2,(H,18,19). The van der Waals surface area contributed by atoms with E-state index in [1.54, 1.807) is 12.1 Å². The summed E-state index contributed by atoms with van der Waals surface area (Å²) in [5.41, 5.74) is 2.80. The summed E-state index contributed by atoms with van der Waals surface area (Å²) in [6.07, 6.45) is 4.01. The van der Waals surface area contributed by atoms with Gasteiger partial charge in [-0.1, -0.05) is 6.07 Å². The van der Waals surface area contributed by atoms with Crippen molar-refractivity contribution in [2.24, 2.45) is 0 Å². The van der Waals surface area contributed by atoms with Gasteiger partial charge in [-0.25, -0.2) is 4.79 Å². The highest BCUT2D eigenvalue weighted by molar-refractivity contribution is 5.87. The average Bonchev–Trinajstić information content (AvgIpc) is 2.42. The molecule has 1 aliphatic heterocycles. The summed E-state index contributed by atoms with van der Waals surface area (Å²) in [4.78, 5) is 13.3. The minimum Gasteiger partial charge on any atom is -0.478 e. The minimum absolute atomic E-state index is 0.269. The maximum Gasteiger partial charge on any atom is 0.335 e. The number of carboxylic acids is 1. The highest BCUT2D eigenvalue weighted by Crippen LogP contribution is 2.20. The molecule has 0 radical (unpaired) electrons. The Labute approximate surface area is 113 Å². The molecule has 19 heavy (non-hydrogen) atoms. The lowest BCUT2D eigenvalue weighted by atomic mass is 9.97. The van der Waals surface area contributed by atoms with E-state index in [0.717, 1.165) is 50.9 Å². The van der Waals surface area contributed by atoms with E-state index in [0.29, 0.717) is 5.56 Å². The molecule has 4 heteroatoms. The van der Waals surface area contributed by atoms with Crippen molar-refractivity contribution in [2.75, 3.05) is 19.7 Å². The molecule has 0 aliphatic carbocycles. The van der Waals surface area contributed by atoms with Crippen LogP contribution in [0, 0.1) is 0 Å². The van der Waals surface area contributed by atoms with Crippen LogP contribution in [-0.2, 0) is 13.0 Å². The number of aliphatic hydroxyl groups is 1. The molecule has 1 aliphatic rings. The molecule has 0 spiro atoms. The summed E-state index contributed by atoms with van der Waals surface area (Å²) < 4.78 is 0. The summed E-state index contributed by atoms with van der Waals surface area (Å²) in [5, 5.41) is 17.8. The fraction of sp³-hybridized carbons (Fsp3) is 0.533. The number of rotatable bonds is 6. The van der Waals surface area contributed by atoms with Crippen molar-refractivity contribution < 1.29 is 15.0 Å².